The van der Waals surface area contributed by atoms with Crippen LogP contribution in [0.15, 0.2) is 18.2 Å². The zero-order valence-electron chi connectivity index (χ0n) is 14.1. The van der Waals surface area contributed by atoms with Crippen molar-refractivity contribution in [2.45, 2.75) is 71.4 Å². The molecule has 1 fully saturated rings. The van der Waals surface area contributed by atoms with Crippen LogP contribution in [0.1, 0.15) is 68.7 Å². The van der Waals surface area contributed by atoms with Gasteiger partial charge >= 0.3 is 0 Å². The van der Waals surface area contributed by atoms with E-state index in [1.807, 2.05) is 0 Å². The van der Waals surface area contributed by atoms with Crippen LogP contribution in [0, 0.1) is 19.8 Å². The molecule has 0 saturated heterocycles. The van der Waals surface area contributed by atoms with E-state index in [0.717, 1.165) is 18.8 Å². The summed E-state index contributed by atoms with van der Waals surface area (Å²) in [6.07, 6.45) is 5.48. The van der Waals surface area contributed by atoms with Crippen LogP contribution in [0.3, 0.4) is 0 Å². The number of hydrogen-bond donors (Lipinski definition) is 2. The Balaban J connectivity index is 1.88. The molecule has 0 aliphatic heterocycles. The van der Waals surface area contributed by atoms with E-state index in [1.165, 1.54) is 36.0 Å². The maximum Gasteiger partial charge on any atom is 0.0772 e. The molecule has 0 heterocycles. The topological polar surface area (TPSA) is 32.3 Å². The molecule has 2 N–H and O–H groups in total. The van der Waals surface area contributed by atoms with Gasteiger partial charge in [-0.1, -0.05) is 31.5 Å². The van der Waals surface area contributed by atoms with Gasteiger partial charge in [0.15, 0.2) is 0 Å². The SMILES string of the molecule is CCC1CCC(O)(CNC(C)c2ccc(C)c(C)c2)CC1. The Morgan fingerprint density at radius 3 is 2.48 bits per heavy atom. The molecule has 1 atom stereocenters. The van der Waals surface area contributed by atoms with Gasteiger partial charge in [0.1, 0.15) is 0 Å². The normalized spacial score (nSPS) is 27.6. The molecule has 1 saturated carbocycles. The lowest BCUT2D eigenvalue weighted by atomic mass is 9.77. The van der Waals surface area contributed by atoms with Crippen molar-refractivity contribution in [2.24, 2.45) is 5.92 Å². The van der Waals surface area contributed by atoms with Gasteiger partial charge in [0, 0.05) is 12.6 Å². The third-order valence-corrected chi connectivity index (χ3v) is 5.38. The van der Waals surface area contributed by atoms with Gasteiger partial charge in [-0.2, -0.15) is 0 Å². The smallest absolute Gasteiger partial charge is 0.0772 e. The van der Waals surface area contributed by atoms with Crippen LogP contribution in [-0.4, -0.2) is 17.3 Å². The summed E-state index contributed by atoms with van der Waals surface area (Å²) >= 11 is 0. The zero-order chi connectivity index (χ0) is 15.5. The third kappa shape index (κ3) is 4.31. The van der Waals surface area contributed by atoms with Crippen LogP contribution in [0.5, 0.6) is 0 Å². The second-order valence-electron chi connectivity index (χ2n) is 7.02. The summed E-state index contributed by atoms with van der Waals surface area (Å²) in [4.78, 5) is 0. The molecule has 1 aromatic rings. The number of aliphatic hydroxyl groups is 1. The second-order valence-corrected chi connectivity index (χ2v) is 7.02. The number of aryl methyl sites for hydroxylation is 2. The Kier molecular flexibility index (Phi) is 5.45. The summed E-state index contributed by atoms with van der Waals surface area (Å²) in [6.45, 7) is 9.45. The number of benzene rings is 1. The lowest BCUT2D eigenvalue weighted by Gasteiger charge is -2.36. The molecule has 0 spiro atoms. The molecule has 0 radical (unpaired) electrons. The first-order valence-corrected chi connectivity index (χ1v) is 8.46. The highest BCUT2D eigenvalue weighted by Gasteiger charge is 2.32. The van der Waals surface area contributed by atoms with Crippen LogP contribution >= 0.6 is 0 Å². The van der Waals surface area contributed by atoms with Crippen molar-refractivity contribution >= 4 is 0 Å². The Morgan fingerprint density at radius 1 is 1.24 bits per heavy atom. The van der Waals surface area contributed by atoms with E-state index < -0.39 is 5.60 Å². The van der Waals surface area contributed by atoms with Gasteiger partial charge < -0.3 is 10.4 Å². The molecule has 0 bridgehead atoms. The molecule has 2 nitrogen and oxygen atoms in total. The van der Waals surface area contributed by atoms with E-state index in [9.17, 15) is 5.11 Å². The Hall–Kier alpha value is -0.860. The first kappa shape index (κ1) is 16.5. The van der Waals surface area contributed by atoms with Crippen molar-refractivity contribution in [3.8, 4) is 0 Å². The molecular weight excluding hydrogens is 258 g/mol. The number of hydrogen-bond acceptors (Lipinski definition) is 2. The van der Waals surface area contributed by atoms with Gasteiger partial charge in [0.25, 0.3) is 0 Å². The van der Waals surface area contributed by atoms with E-state index in [1.54, 1.807) is 0 Å². The molecule has 0 amide bonds. The predicted octanol–water partition coefficient (Wildman–Crippen LogP) is 4.29. The first-order chi connectivity index (χ1) is 9.93. The summed E-state index contributed by atoms with van der Waals surface area (Å²) in [7, 11) is 0. The van der Waals surface area contributed by atoms with Gasteiger partial charge in [-0.05, 0) is 69.1 Å². The van der Waals surface area contributed by atoms with Crippen molar-refractivity contribution in [1.82, 2.24) is 5.32 Å². The summed E-state index contributed by atoms with van der Waals surface area (Å²) in [5, 5.41) is 14.3. The number of rotatable bonds is 5. The molecule has 1 aliphatic carbocycles. The minimum absolute atomic E-state index is 0.289. The van der Waals surface area contributed by atoms with Gasteiger partial charge in [-0.3, -0.25) is 0 Å². The molecular formula is C19H31NO. The van der Waals surface area contributed by atoms with E-state index >= 15 is 0 Å². The van der Waals surface area contributed by atoms with E-state index in [-0.39, 0.29) is 6.04 Å². The fourth-order valence-corrected chi connectivity index (χ4v) is 3.29. The summed E-state index contributed by atoms with van der Waals surface area (Å²) in [5.74, 6) is 0.822. The van der Waals surface area contributed by atoms with Crippen LogP contribution < -0.4 is 5.32 Å². The molecule has 1 unspecified atom stereocenters. The molecule has 1 aliphatic rings. The van der Waals surface area contributed by atoms with Crippen molar-refractivity contribution in [2.75, 3.05) is 6.54 Å². The molecule has 1 aromatic carbocycles. The Labute approximate surface area is 130 Å². The van der Waals surface area contributed by atoms with Crippen molar-refractivity contribution in [3.05, 3.63) is 34.9 Å². The van der Waals surface area contributed by atoms with Crippen molar-refractivity contribution < 1.29 is 5.11 Å². The molecule has 2 heteroatoms. The highest BCUT2D eigenvalue weighted by Crippen LogP contribution is 2.33. The third-order valence-electron chi connectivity index (χ3n) is 5.38. The van der Waals surface area contributed by atoms with E-state index in [2.05, 4.69) is 51.2 Å². The van der Waals surface area contributed by atoms with Crippen molar-refractivity contribution in [1.29, 1.82) is 0 Å². The van der Waals surface area contributed by atoms with E-state index in [0.29, 0.717) is 6.54 Å². The largest absolute Gasteiger partial charge is 0.389 e. The lowest BCUT2D eigenvalue weighted by Crippen LogP contribution is -2.44. The fraction of sp³-hybridized carbons (Fsp3) is 0.684. The standard InChI is InChI=1S/C19H31NO/c1-5-17-8-10-19(21,11-9-17)13-20-16(4)18-7-6-14(2)15(3)12-18/h6-7,12,16-17,20-21H,5,8-11,13H2,1-4H3. The van der Waals surface area contributed by atoms with E-state index in [4.69, 9.17) is 0 Å². The molecule has 0 aromatic heterocycles. The van der Waals surface area contributed by atoms with Crippen LogP contribution in [0.25, 0.3) is 0 Å². The van der Waals surface area contributed by atoms with Crippen LogP contribution in [0.2, 0.25) is 0 Å². The number of nitrogens with one attached hydrogen (secondary N) is 1. The minimum atomic E-state index is -0.500. The highest BCUT2D eigenvalue weighted by atomic mass is 16.3. The summed E-state index contributed by atoms with van der Waals surface area (Å²) in [6, 6.07) is 6.92. The van der Waals surface area contributed by atoms with Crippen molar-refractivity contribution in [3.63, 3.8) is 0 Å². The van der Waals surface area contributed by atoms with Gasteiger partial charge in [-0.25, -0.2) is 0 Å². The highest BCUT2D eigenvalue weighted by molar-refractivity contribution is 5.31. The first-order valence-electron chi connectivity index (χ1n) is 8.46. The fourth-order valence-electron chi connectivity index (χ4n) is 3.29. The predicted molar refractivity (Wildman–Crippen MR) is 89.5 cm³/mol. The summed E-state index contributed by atoms with van der Waals surface area (Å²) in [5.41, 5.74) is 3.48. The lowest BCUT2D eigenvalue weighted by molar-refractivity contribution is -0.0103. The monoisotopic (exact) mass is 289 g/mol. The maximum atomic E-state index is 10.7. The molecule has 2 rings (SSSR count). The van der Waals surface area contributed by atoms with Crippen LogP contribution in [0.4, 0.5) is 0 Å². The zero-order valence-corrected chi connectivity index (χ0v) is 14.1. The maximum absolute atomic E-state index is 10.7. The van der Waals surface area contributed by atoms with Gasteiger partial charge in [0.2, 0.25) is 0 Å². The minimum Gasteiger partial charge on any atom is -0.389 e. The summed E-state index contributed by atoms with van der Waals surface area (Å²) < 4.78 is 0. The Morgan fingerprint density at radius 2 is 1.90 bits per heavy atom. The van der Waals surface area contributed by atoms with Gasteiger partial charge in [0.05, 0.1) is 5.60 Å². The average molecular weight is 289 g/mol. The second kappa shape index (κ2) is 6.93. The average Bonchev–Trinajstić information content (AvgIpc) is 2.48. The quantitative estimate of drug-likeness (QED) is 0.847. The molecule has 21 heavy (non-hydrogen) atoms. The Bertz CT molecular complexity index is 461. The van der Waals surface area contributed by atoms with Crippen LogP contribution in [-0.2, 0) is 0 Å². The molecule has 118 valence electrons. The van der Waals surface area contributed by atoms with Gasteiger partial charge in [-0.15, -0.1) is 0 Å².